The zero-order valence-electron chi connectivity index (χ0n) is 48.3. The first-order valence-electron chi connectivity index (χ1n) is 29.1. The molecule has 4 aliphatic rings. The van der Waals surface area contributed by atoms with Crippen LogP contribution in [-0.2, 0) is 32.3 Å². The normalized spacial score (nSPS) is 19.6. The average molecular weight is 1140 g/mol. The van der Waals surface area contributed by atoms with Crippen LogP contribution in [-0.4, -0.2) is 143 Å². The molecule has 21 nitrogen and oxygen atoms in total. The van der Waals surface area contributed by atoms with Crippen molar-refractivity contribution in [1.82, 2.24) is 65.8 Å². The maximum Gasteiger partial charge on any atom is 0.319 e. The summed E-state index contributed by atoms with van der Waals surface area (Å²) in [5.74, 6) is -0.335. The lowest BCUT2D eigenvalue weighted by atomic mass is 9.88. The first-order valence-corrected chi connectivity index (χ1v) is 29.1. The highest BCUT2D eigenvalue weighted by atomic mass is 19.1. The van der Waals surface area contributed by atoms with Crippen LogP contribution in [0.5, 0.6) is 11.8 Å². The lowest BCUT2D eigenvalue weighted by Crippen LogP contribution is -2.50. The van der Waals surface area contributed by atoms with Crippen molar-refractivity contribution in [2.45, 2.75) is 128 Å². The summed E-state index contributed by atoms with van der Waals surface area (Å²) in [6.45, 7) is 12.1. The smallest absolute Gasteiger partial charge is 0.319 e. The van der Waals surface area contributed by atoms with E-state index in [0.717, 1.165) is 82.5 Å². The number of aromatic nitrogens is 9. The van der Waals surface area contributed by atoms with Gasteiger partial charge in [-0.15, -0.1) is 5.10 Å². The second-order valence-corrected chi connectivity index (χ2v) is 23.1. The number of aromatic amines is 1. The fraction of sp³-hybridized carbons (Fsp3) is 0.435. The Kier molecular flexibility index (Phi) is 15.6. The van der Waals surface area contributed by atoms with Gasteiger partial charge in [0.15, 0.2) is 5.75 Å². The highest BCUT2D eigenvalue weighted by molar-refractivity contribution is 6.06. The van der Waals surface area contributed by atoms with E-state index >= 15 is 4.39 Å². The fourth-order valence-corrected chi connectivity index (χ4v) is 12.4. The summed E-state index contributed by atoms with van der Waals surface area (Å²) in [5.41, 5.74) is 8.75. The fourth-order valence-electron chi connectivity index (χ4n) is 12.4. The molecule has 4 aromatic heterocycles. The monoisotopic (exact) mass is 1140 g/mol. The number of aliphatic hydroxyl groups is 1. The maximum atomic E-state index is 16.1. The van der Waals surface area contributed by atoms with E-state index in [1.165, 1.54) is 22.7 Å². The van der Waals surface area contributed by atoms with Crippen LogP contribution in [0.15, 0.2) is 85.3 Å². The van der Waals surface area contributed by atoms with E-state index in [2.05, 4.69) is 52.5 Å². The van der Waals surface area contributed by atoms with Crippen molar-refractivity contribution in [2.24, 2.45) is 5.92 Å². The van der Waals surface area contributed by atoms with Gasteiger partial charge in [0.05, 0.1) is 48.3 Å². The number of aliphatic hydroxyl groups excluding tert-OH is 1. The molecule has 0 radical (unpaired) electrons. The largest absolute Gasteiger partial charge is 0.486 e. The Morgan fingerprint density at radius 1 is 0.940 bits per heavy atom. The number of halogens is 1. The van der Waals surface area contributed by atoms with Gasteiger partial charge < -0.3 is 45.1 Å². The minimum atomic E-state index is -1.01. The molecule has 438 valence electrons. The van der Waals surface area contributed by atoms with E-state index in [0.29, 0.717) is 51.8 Å². The number of amides is 3. The van der Waals surface area contributed by atoms with Crippen molar-refractivity contribution >= 4 is 45.3 Å². The summed E-state index contributed by atoms with van der Waals surface area (Å²) >= 11 is 0. The molecule has 7 heterocycles. The molecular weight excluding hydrogens is 1070 g/mol. The molecule has 0 spiro atoms. The number of piperazine rings is 1. The van der Waals surface area contributed by atoms with E-state index in [4.69, 9.17) is 24.2 Å². The van der Waals surface area contributed by atoms with Crippen LogP contribution in [0.25, 0.3) is 55.4 Å². The zero-order chi connectivity index (χ0) is 58.5. The average Bonchev–Trinajstić information content (AvgIpc) is 3.18. The number of aryl methyl sites for hydroxylation is 1. The Hall–Kier alpha value is -8.34. The molecule has 7 atom stereocenters. The molecule has 8 aromatic rings. The highest BCUT2D eigenvalue weighted by Crippen LogP contribution is 2.53. The molecular formula is C62H71FN14O7. The van der Waals surface area contributed by atoms with Crippen molar-refractivity contribution in [3.63, 3.8) is 0 Å². The van der Waals surface area contributed by atoms with Crippen LogP contribution < -0.4 is 30.3 Å². The number of carbonyl (C=O) groups is 3. The third kappa shape index (κ3) is 10.9. The number of fused-ring (bicyclic) bond motifs is 4. The number of ether oxygens (including phenoxy) is 3. The number of likely N-dealkylation sites (tertiary alicyclic amines) is 1. The molecule has 84 heavy (non-hydrogen) atoms. The molecule has 12 rings (SSSR count). The molecule has 4 fully saturated rings. The van der Waals surface area contributed by atoms with E-state index < -0.39 is 36.0 Å². The summed E-state index contributed by atoms with van der Waals surface area (Å²) in [6, 6.07) is 19.1. The van der Waals surface area contributed by atoms with Crippen LogP contribution in [0.4, 0.5) is 10.2 Å². The first-order chi connectivity index (χ1) is 40.7. The minimum Gasteiger partial charge on any atom is -0.486 e. The second-order valence-electron chi connectivity index (χ2n) is 23.1. The van der Waals surface area contributed by atoms with Crippen molar-refractivity contribution in [3.8, 4) is 45.4 Å². The van der Waals surface area contributed by atoms with E-state index in [1.807, 2.05) is 87.0 Å². The minimum absolute atomic E-state index is 0.0195. The Balaban J connectivity index is 0.820. The van der Waals surface area contributed by atoms with E-state index in [1.54, 1.807) is 32.6 Å². The highest BCUT2D eigenvalue weighted by Gasteiger charge is 2.44. The number of H-pyrrole nitrogens is 1. The molecule has 3 amide bonds. The van der Waals surface area contributed by atoms with Gasteiger partial charge in [-0.1, -0.05) is 67.6 Å². The molecule has 5 N–H and O–H groups in total. The SMILES string of the molecule is CCn1nccc1-c1ccc([C@H](CC(=O)NC)NC(=O)[C@@H]2C[C@@H](O)CN2C(=O)[C@H](C(C)C)n2cc(-c3ccc(COc4c(-c5c(C)c(F)cc6[nH]ncc56)c(C5CC5)cc5c(N6C[C@@H]7C[C@H]6CN7)nc(OC[C@H](C)OC)nc45)cc3)nn2)cc1. The number of rotatable bonds is 21. The quantitative estimate of drug-likeness (QED) is 0.0473. The predicted octanol–water partition coefficient (Wildman–Crippen LogP) is 7.34. The van der Waals surface area contributed by atoms with Gasteiger partial charge >= 0.3 is 6.01 Å². The Labute approximate surface area is 485 Å². The number of carbonyl (C=O) groups excluding carboxylic acids is 3. The Morgan fingerprint density at radius 3 is 2.43 bits per heavy atom. The van der Waals surface area contributed by atoms with Crippen molar-refractivity contribution in [2.75, 3.05) is 45.3 Å². The number of β-amino-alcohol motifs (C(OH)–C–C–N with tert-alkyl or cyclic N) is 1. The van der Waals surface area contributed by atoms with Crippen molar-refractivity contribution in [3.05, 3.63) is 113 Å². The molecule has 2 bridgehead atoms. The topological polar surface area (TPSA) is 245 Å². The van der Waals surface area contributed by atoms with Gasteiger partial charge in [-0.2, -0.15) is 20.2 Å². The molecule has 0 unspecified atom stereocenters. The number of nitrogens with one attached hydrogen (secondary N) is 4. The first kappa shape index (κ1) is 56.2. The second kappa shape index (κ2) is 23.4. The van der Waals surface area contributed by atoms with Gasteiger partial charge in [-0.25, -0.2) is 9.07 Å². The van der Waals surface area contributed by atoms with Crippen LogP contribution in [0, 0.1) is 18.7 Å². The number of hydrogen-bond acceptors (Lipinski definition) is 15. The standard InChI is InChI=1S/C62H71FN14O7/c1-8-76-51(19-20-67-76)40-17-15-38(16-18-40)48(25-53(79)64-6)68-60(80)52-22-43(78)29-75(52)61(81)57(33(2)3)77-30-50(72-73-77)39-11-9-36(10-12-39)32-83-58-55(54-35(5)47(63)24-49-46(54)27-66-71-49)44(37-13-14-37)23-45-56(58)69-62(84-31-34(4)82-7)70-59(45)74-28-41-21-42(74)26-65-41/h9-12,15-20,23-24,27,30,33-34,37,41-43,48,52,57,65,78H,8,13-14,21-22,25-26,28-29,31-32H2,1-7H3,(H,64,79)(H,66,71)(H,68,80)/t34-,41-,42-,43+,48-,52-,57-/m0/s1. The number of anilines is 1. The number of benzene rings is 4. The third-order valence-electron chi connectivity index (χ3n) is 17.1. The van der Waals surface area contributed by atoms with Crippen LogP contribution in [0.1, 0.15) is 100 Å². The summed E-state index contributed by atoms with van der Waals surface area (Å²) in [5, 5.41) is 42.7. The summed E-state index contributed by atoms with van der Waals surface area (Å²) < 4.78 is 38.5. The summed E-state index contributed by atoms with van der Waals surface area (Å²) in [6.07, 6.45) is 6.95. The Morgan fingerprint density at radius 2 is 1.73 bits per heavy atom. The van der Waals surface area contributed by atoms with E-state index in [-0.39, 0.29) is 74.3 Å². The molecule has 3 saturated heterocycles. The molecule has 4 aromatic carbocycles. The molecule has 1 saturated carbocycles. The van der Waals surface area contributed by atoms with Crippen molar-refractivity contribution in [1.29, 1.82) is 0 Å². The summed E-state index contributed by atoms with van der Waals surface area (Å²) in [4.78, 5) is 56.0. The number of hydrogen-bond donors (Lipinski definition) is 5. The van der Waals surface area contributed by atoms with E-state index in [9.17, 15) is 19.5 Å². The van der Waals surface area contributed by atoms with Crippen LogP contribution >= 0.6 is 0 Å². The van der Waals surface area contributed by atoms with Gasteiger partial charge in [0.25, 0.3) is 0 Å². The molecule has 1 aliphatic carbocycles. The van der Waals surface area contributed by atoms with Gasteiger partial charge in [0, 0.05) is 92.5 Å². The van der Waals surface area contributed by atoms with Crippen LogP contribution in [0.2, 0.25) is 0 Å². The number of methoxy groups -OCH3 is 1. The molecule has 3 aliphatic heterocycles. The predicted molar refractivity (Wildman–Crippen MR) is 313 cm³/mol. The van der Waals surface area contributed by atoms with Crippen molar-refractivity contribution < 1.29 is 38.1 Å². The van der Waals surface area contributed by atoms with Gasteiger partial charge in [-0.05, 0) is 97.9 Å². The number of nitrogens with zero attached hydrogens (tertiary/aromatic N) is 10. The third-order valence-corrected chi connectivity index (χ3v) is 17.1. The van der Waals surface area contributed by atoms with Gasteiger partial charge in [0.2, 0.25) is 17.7 Å². The molecule has 22 heteroatoms. The van der Waals surface area contributed by atoms with Gasteiger partial charge in [-0.3, -0.25) is 24.2 Å². The van der Waals surface area contributed by atoms with Gasteiger partial charge in [0.1, 0.15) is 48.1 Å². The Bertz CT molecular complexity index is 3750. The summed E-state index contributed by atoms with van der Waals surface area (Å²) in [7, 11) is 3.17. The van der Waals surface area contributed by atoms with Crippen LogP contribution in [0.3, 0.4) is 0 Å². The maximum absolute atomic E-state index is 16.1. The zero-order valence-corrected chi connectivity index (χ0v) is 48.3. The lowest BCUT2D eigenvalue weighted by Gasteiger charge is -2.30. The lowest BCUT2D eigenvalue weighted by molar-refractivity contribution is -0.142.